The maximum atomic E-state index is 14.0. The molecule has 0 atom stereocenters. The van der Waals surface area contributed by atoms with Crippen molar-refractivity contribution in [2.24, 2.45) is 0 Å². The van der Waals surface area contributed by atoms with E-state index in [9.17, 15) is 4.79 Å². The molecule has 166 valence electrons. The molecule has 0 spiro atoms. The van der Waals surface area contributed by atoms with Crippen LogP contribution < -0.4 is 5.56 Å². The lowest BCUT2D eigenvalue weighted by Gasteiger charge is -2.30. The van der Waals surface area contributed by atoms with Gasteiger partial charge >= 0.3 is 0 Å². The SMILES string of the molecule is Cc1nc2c(c(=O)n1C(c1ccccc1)c1ccccc1)CN(Cc1ccc(Br)cc1)CC2. The lowest BCUT2D eigenvalue weighted by atomic mass is 9.97. The zero-order valence-electron chi connectivity index (χ0n) is 18.6. The molecule has 0 unspecified atom stereocenters. The molecule has 0 radical (unpaired) electrons. The first-order chi connectivity index (χ1) is 16.1. The van der Waals surface area contributed by atoms with Crippen LogP contribution >= 0.6 is 15.9 Å². The Kier molecular flexibility index (Phi) is 6.25. The van der Waals surface area contributed by atoms with E-state index in [0.717, 1.165) is 52.2 Å². The number of rotatable bonds is 5. The van der Waals surface area contributed by atoms with Crippen molar-refractivity contribution in [3.05, 3.63) is 134 Å². The highest BCUT2D eigenvalue weighted by molar-refractivity contribution is 9.10. The van der Waals surface area contributed by atoms with E-state index in [0.29, 0.717) is 6.54 Å². The minimum absolute atomic E-state index is 0.0655. The van der Waals surface area contributed by atoms with Crippen molar-refractivity contribution < 1.29 is 0 Å². The van der Waals surface area contributed by atoms with E-state index in [2.05, 4.69) is 69.4 Å². The van der Waals surface area contributed by atoms with Gasteiger partial charge in [0.2, 0.25) is 0 Å². The fourth-order valence-electron chi connectivity index (χ4n) is 4.71. The standard InChI is InChI=1S/C28H26BrN3O/c1-20-30-26-16-17-31(18-21-12-14-24(29)15-13-21)19-25(26)28(33)32(20)27(22-8-4-2-5-9-22)23-10-6-3-7-11-23/h2-15,27H,16-19H2,1H3. The van der Waals surface area contributed by atoms with E-state index < -0.39 is 0 Å². The van der Waals surface area contributed by atoms with Crippen LogP contribution in [0.25, 0.3) is 0 Å². The van der Waals surface area contributed by atoms with Gasteiger partial charge in [0.15, 0.2) is 0 Å². The first-order valence-corrected chi connectivity index (χ1v) is 12.1. The molecule has 0 saturated carbocycles. The Bertz CT molecular complexity index is 1260. The van der Waals surface area contributed by atoms with Crippen LogP contribution in [0.1, 0.15) is 39.8 Å². The summed E-state index contributed by atoms with van der Waals surface area (Å²) in [4.78, 5) is 21.2. The van der Waals surface area contributed by atoms with Gasteiger partial charge < -0.3 is 0 Å². The van der Waals surface area contributed by atoms with Crippen LogP contribution in [-0.4, -0.2) is 21.0 Å². The van der Waals surface area contributed by atoms with Crippen molar-refractivity contribution in [1.29, 1.82) is 0 Å². The molecule has 0 saturated heterocycles. The molecule has 0 bridgehead atoms. The van der Waals surface area contributed by atoms with Gasteiger partial charge in [0.25, 0.3) is 5.56 Å². The molecular weight excluding hydrogens is 474 g/mol. The number of hydrogen-bond acceptors (Lipinski definition) is 3. The third kappa shape index (κ3) is 4.56. The molecule has 0 amide bonds. The summed E-state index contributed by atoms with van der Waals surface area (Å²) in [5.74, 6) is 0.762. The van der Waals surface area contributed by atoms with Crippen LogP contribution in [0, 0.1) is 6.92 Å². The van der Waals surface area contributed by atoms with Gasteiger partial charge in [0, 0.05) is 30.5 Å². The summed E-state index contributed by atoms with van der Waals surface area (Å²) >= 11 is 3.50. The molecule has 1 aliphatic heterocycles. The predicted molar refractivity (Wildman–Crippen MR) is 135 cm³/mol. The third-order valence-corrected chi connectivity index (χ3v) is 6.85. The molecule has 5 rings (SSSR count). The van der Waals surface area contributed by atoms with Gasteiger partial charge in [-0.15, -0.1) is 0 Å². The number of benzene rings is 3. The van der Waals surface area contributed by atoms with Gasteiger partial charge in [-0.1, -0.05) is 88.7 Å². The topological polar surface area (TPSA) is 38.1 Å². The Balaban J connectivity index is 1.55. The van der Waals surface area contributed by atoms with Gasteiger partial charge in [-0.25, -0.2) is 4.98 Å². The molecule has 4 nitrogen and oxygen atoms in total. The Hall–Kier alpha value is -3.02. The minimum atomic E-state index is -0.209. The van der Waals surface area contributed by atoms with E-state index in [-0.39, 0.29) is 11.6 Å². The van der Waals surface area contributed by atoms with Crippen LogP contribution in [-0.2, 0) is 19.5 Å². The van der Waals surface area contributed by atoms with Crippen molar-refractivity contribution >= 4 is 15.9 Å². The fraction of sp³-hybridized carbons (Fsp3) is 0.214. The molecular formula is C28H26BrN3O. The molecule has 3 aromatic carbocycles. The summed E-state index contributed by atoms with van der Waals surface area (Å²) in [7, 11) is 0. The van der Waals surface area contributed by atoms with Gasteiger partial charge in [-0.3, -0.25) is 14.3 Å². The largest absolute Gasteiger partial charge is 0.294 e. The lowest BCUT2D eigenvalue weighted by Crippen LogP contribution is -2.40. The second-order valence-electron chi connectivity index (χ2n) is 8.57. The average Bonchev–Trinajstić information content (AvgIpc) is 2.85. The van der Waals surface area contributed by atoms with Gasteiger partial charge in [-0.2, -0.15) is 0 Å². The van der Waals surface area contributed by atoms with Crippen molar-refractivity contribution in [2.75, 3.05) is 6.54 Å². The molecule has 0 aliphatic carbocycles. The second kappa shape index (κ2) is 9.46. The molecule has 0 fully saturated rings. The summed E-state index contributed by atoms with van der Waals surface area (Å²) in [5.41, 5.74) is 5.24. The highest BCUT2D eigenvalue weighted by atomic mass is 79.9. The minimum Gasteiger partial charge on any atom is -0.294 e. The zero-order chi connectivity index (χ0) is 22.8. The number of hydrogen-bond donors (Lipinski definition) is 0. The Morgan fingerprint density at radius 2 is 1.52 bits per heavy atom. The molecule has 5 heteroatoms. The van der Waals surface area contributed by atoms with E-state index in [1.807, 2.05) is 47.9 Å². The van der Waals surface area contributed by atoms with E-state index in [1.165, 1.54) is 5.56 Å². The molecule has 0 N–H and O–H groups in total. The number of halogens is 1. The highest BCUT2D eigenvalue weighted by Crippen LogP contribution is 2.27. The van der Waals surface area contributed by atoms with Crippen LogP contribution in [0.15, 0.2) is 94.2 Å². The first kappa shape index (κ1) is 21.8. The number of nitrogens with zero attached hydrogens (tertiary/aromatic N) is 3. The first-order valence-electron chi connectivity index (χ1n) is 11.3. The summed E-state index contributed by atoms with van der Waals surface area (Å²) in [6.07, 6.45) is 0.796. The van der Waals surface area contributed by atoms with E-state index in [1.54, 1.807) is 0 Å². The van der Waals surface area contributed by atoms with Crippen LogP contribution in [0.2, 0.25) is 0 Å². The monoisotopic (exact) mass is 499 g/mol. The summed E-state index contributed by atoms with van der Waals surface area (Å²) in [6, 6.07) is 28.6. The molecule has 1 aromatic heterocycles. The number of fused-ring (bicyclic) bond motifs is 1. The second-order valence-corrected chi connectivity index (χ2v) is 9.49. The maximum Gasteiger partial charge on any atom is 0.259 e. The predicted octanol–water partition coefficient (Wildman–Crippen LogP) is 5.51. The molecule has 4 aromatic rings. The highest BCUT2D eigenvalue weighted by Gasteiger charge is 2.26. The normalized spacial score (nSPS) is 13.8. The summed E-state index contributed by atoms with van der Waals surface area (Å²) in [6.45, 7) is 4.29. The quantitative estimate of drug-likeness (QED) is 0.363. The zero-order valence-corrected chi connectivity index (χ0v) is 20.2. The third-order valence-electron chi connectivity index (χ3n) is 6.33. The number of aryl methyl sites for hydroxylation is 1. The van der Waals surface area contributed by atoms with Gasteiger partial charge in [0.1, 0.15) is 5.82 Å². The van der Waals surface area contributed by atoms with Crippen LogP contribution in [0.4, 0.5) is 0 Å². The molecule has 1 aliphatic rings. The number of aromatic nitrogens is 2. The van der Waals surface area contributed by atoms with Crippen molar-refractivity contribution in [1.82, 2.24) is 14.5 Å². The maximum absolute atomic E-state index is 14.0. The Labute approximate surface area is 202 Å². The fourth-order valence-corrected chi connectivity index (χ4v) is 4.98. The summed E-state index contributed by atoms with van der Waals surface area (Å²) in [5, 5.41) is 0. The van der Waals surface area contributed by atoms with Crippen molar-refractivity contribution in [3.8, 4) is 0 Å². The van der Waals surface area contributed by atoms with Crippen molar-refractivity contribution in [2.45, 2.75) is 32.5 Å². The average molecular weight is 500 g/mol. The molecule has 2 heterocycles. The van der Waals surface area contributed by atoms with Crippen LogP contribution in [0.5, 0.6) is 0 Å². The van der Waals surface area contributed by atoms with E-state index >= 15 is 0 Å². The Morgan fingerprint density at radius 3 is 2.12 bits per heavy atom. The Morgan fingerprint density at radius 1 is 0.909 bits per heavy atom. The van der Waals surface area contributed by atoms with Crippen LogP contribution in [0.3, 0.4) is 0 Å². The summed E-state index contributed by atoms with van der Waals surface area (Å²) < 4.78 is 2.96. The van der Waals surface area contributed by atoms with Gasteiger partial charge in [0.05, 0.1) is 17.3 Å². The smallest absolute Gasteiger partial charge is 0.259 e. The molecule has 33 heavy (non-hydrogen) atoms. The van der Waals surface area contributed by atoms with Crippen molar-refractivity contribution in [3.63, 3.8) is 0 Å². The lowest BCUT2D eigenvalue weighted by molar-refractivity contribution is 0.240. The van der Waals surface area contributed by atoms with Gasteiger partial charge in [-0.05, 0) is 35.7 Å². The van der Waals surface area contributed by atoms with E-state index in [4.69, 9.17) is 4.98 Å².